The summed E-state index contributed by atoms with van der Waals surface area (Å²) in [5, 5.41) is 18.3. The van der Waals surface area contributed by atoms with Gasteiger partial charge in [-0.3, -0.25) is 4.90 Å². The minimum absolute atomic E-state index is 0.353. The summed E-state index contributed by atoms with van der Waals surface area (Å²) in [4.78, 5) is 5.40. The van der Waals surface area contributed by atoms with Gasteiger partial charge in [0.15, 0.2) is 0 Å². The average molecular weight is 269 g/mol. The van der Waals surface area contributed by atoms with E-state index in [4.69, 9.17) is 10.2 Å². The fourth-order valence-corrected chi connectivity index (χ4v) is 1.36. The molecule has 0 aromatic heterocycles. The third-order valence-corrected chi connectivity index (χ3v) is 1.71. The van der Waals surface area contributed by atoms with Gasteiger partial charge in [-0.15, -0.1) is 0 Å². The highest BCUT2D eigenvalue weighted by Gasteiger charge is 2.14. The number of hydrogen-bond acceptors (Lipinski definition) is 4. The third-order valence-electron chi connectivity index (χ3n) is 1.71. The molecule has 0 fully saturated rings. The molecule has 0 saturated heterocycles. The first kappa shape index (κ1) is 22.9. The van der Waals surface area contributed by atoms with Crippen LogP contribution >= 0.6 is 0 Å². The van der Waals surface area contributed by atoms with Crippen LogP contribution in [0.25, 0.3) is 0 Å². The molecule has 5 heteroatoms. The maximum Gasteiger partial charge on any atom is 0.108 e. The number of halogens is 1. The summed E-state index contributed by atoms with van der Waals surface area (Å²) in [5.41, 5.74) is 0. The predicted molar refractivity (Wildman–Crippen MR) is 74.2 cm³/mol. The lowest BCUT2D eigenvalue weighted by atomic mass is 10.2. The van der Waals surface area contributed by atoms with E-state index in [2.05, 4.69) is 4.94 Å². The van der Waals surface area contributed by atoms with Crippen LogP contribution in [-0.4, -0.2) is 53.1 Å². The highest BCUT2D eigenvalue weighted by atomic mass is 19.3. The first-order chi connectivity index (χ1) is 8.45. The van der Waals surface area contributed by atoms with Crippen molar-refractivity contribution in [3.8, 4) is 0 Å². The van der Waals surface area contributed by atoms with Crippen LogP contribution in [0.5, 0.6) is 0 Å². The molecule has 0 heterocycles. The molecule has 0 saturated carbocycles. The van der Waals surface area contributed by atoms with Gasteiger partial charge in [-0.1, -0.05) is 27.7 Å². The van der Waals surface area contributed by atoms with Gasteiger partial charge in [0.05, 0.1) is 12.2 Å². The van der Waals surface area contributed by atoms with Crippen LogP contribution in [0.2, 0.25) is 0 Å². The van der Waals surface area contributed by atoms with Gasteiger partial charge >= 0.3 is 0 Å². The molecule has 0 aliphatic carbocycles. The molecule has 0 aromatic carbocycles. The normalized spacial score (nSPS) is 14.8. The summed E-state index contributed by atoms with van der Waals surface area (Å²) in [5.74, 6) is 0. The molecule has 0 rings (SSSR count). The number of aliphatic hydroxyl groups excluding tert-OH is 2. The van der Waals surface area contributed by atoms with Crippen molar-refractivity contribution in [3.05, 3.63) is 0 Å². The molecule has 2 N–H and O–H groups in total. The zero-order chi connectivity index (χ0) is 15.1. The van der Waals surface area contributed by atoms with E-state index in [-0.39, 0.29) is 0 Å². The topological polar surface area (TPSA) is 52.9 Å². The second-order valence-electron chi connectivity index (χ2n) is 3.82. The van der Waals surface area contributed by atoms with Crippen LogP contribution in [-0.2, 0) is 4.94 Å². The fourth-order valence-electron chi connectivity index (χ4n) is 1.36. The van der Waals surface area contributed by atoms with E-state index >= 15 is 0 Å². The van der Waals surface area contributed by atoms with Crippen molar-refractivity contribution >= 4 is 0 Å². The van der Waals surface area contributed by atoms with E-state index in [0.29, 0.717) is 19.6 Å². The number of nitrogens with zero attached hydrogens (tertiary/aromatic N) is 1. The zero-order valence-corrected chi connectivity index (χ0v) is 13.0. The monoisotopic (exact) mass is 269 g/mol. The maximum absolute atomic E-state index is 11.8. The smallest absolute Gasteiger partial charge is 0.108 e. The van der Waals surface area contributed by atoms with Crippen LogP contribution < -0.4 is 0 Å². The quantitative estimate of drug-likeness (QED) is 0.745. The third kappa shape index (κ3) is 18.1. The molecule has 3 atom stereocenters. The van der Waals surface area contributed by atoms with Gasteiger partial charge in [-0.25, -0.2) is 0 Å². The van der Waals surface area contributed by atoms with Crippen LogP contribution in [0.15, 0.2) is 0 Å². The van der Waals surface area contributed by atoms with E-state index < -0.39 is 18.3 Å². The van der Waals surface area contributed by atoms with Crippen LogP contribution in [0.1, 0.15) is 48.5 Å². The molecule has 0 spiro atoms. The summed E-state index contributed by atoms with van der Waals surface area (Å²) < 4.78 is 11.8. The van der Waals surface area contributed by atoms with Crippen LogP contribution in [0.4, 0.5) is 4.53 Å². The molecule has 3 unspecified atom stereocenters. The summed E-state index contributed by atoms with van der Waals surface area (Å²) in [6, 6.07) is 0. The Bertz CT molecular complexity index is 136. The molecule has 0 amide bonds. The van der Waals surface area contributed by atoms with Gasteiger partial charge in [0, 0.05) is 19.6 Å². The summed E-state index contributed by atoms with van der Waals surface area (Å²) in [6.07, 6.45) is -1.55. The van der Waals surface area contributed by atoms with Crippen molar-refractivity contribution in [2.75, 3.05) is 19.6 Å². The summed E-state index contributed by atoms with van der Waals surface area (Å²) in [6.45, 7) is 14.0. The maximum atomic E-state index is 11.8. The van der Waals surface area contributed by atoms with E-state index in [1.807, 2.05) is 27.7 Å². The van der Waals surface area contributed by atoms with E-state index in [9.17, 15) is 4.53 Å². The average Bonchev–Trinajstić information content (AvgIpc) is 2.32. The van der Waals surface area contributed by atoms with Crippen molar-refractivity contribution in [2.24, 2.45) is 0 Å². The van der Waals surface area contributed by atoms with Gasteiger partial charge in [0.2, 0.25) is 0 Å². The van der Waals surface area contributed by atoms with E-state index in [1.165, 1.54) is 0 Å². The first-order valence-electron chi connectivity index (χ1n) is 6.81. The van der Waals surface area contributed by atoms with Crippen LogP contribution in [0.3, 0.4) is 0 Å². The van der Waals surface area contributed by atoms with Gasteiger partial charge in [-0.2, -0.15) is 4.94 Å². The van der Waals surface area contributed by atoms with Crippen molar-refractivity contribution in [3.63, 3.8) is 0 Å². The Hall–Kier alpha value is -0.230. The largest absolute Gasteiger partial charge is 0.392 e. The molecule has 114 valence electrons. The Kier molecular flexibility index (Phi) is 21.3. The molecule has 0 aliphatic heterocycles. The Morgan fingerprint density at radius 1 is 0.889 bits per heavy atom. The highest BCUT2D eigenvalue weighted by molar-refractivity contribution is 4.67. The Labute approximate surface area is 112 Å². The molecule has 0 radical (unpaired) electrons. The lowest BCUT2D eigenvalue weighted by Crippen LogP contribution is -2.40. The fraction of sp³-hybridized carbons (Fsp3) is 1.00. The molecule has 18 heavy (non-hydrogen) atoms. The van der Waals surface area contributed by atoms with Crippen molar-refractivity contribution in [1.29, 1.82) is 0 Å². The van der Waals surface area contributed by atoms with Crippen molar-refractivity contribution < 1.29 is 19.7 Å². The Balaban J connectivity index is -0.000000506. The summed E-state index contributed by atoms with van der Waals surface area (Å²) >= 11 is 0. The summed E-state index contributed by atoms with van der Waals surface area (Å²) in [7, 11) is 0. The number of hydrogen-bond donors (Lipinski definition) is 2. The van der Waals surface area contributed by atoms with Crippen LogP contribution in [0, 0.1) is 0 Å². The molecule has 0 aromatic rings. The van der Waals surface area contributed by atoms with Gasteiger partial charge in [-0.05, 0) is 25.3 Å². The second-order valence-corrected chi connectivity index (χ2v) is 3.82. The lowest BCUT2D eigenvalue weighted by Gasteiger charge is -2.26. The van der Waals surface area contributed by atoms with E-state index in [1.54, 1.807) is 25.7 Å². The molecular weight excluding hydrogens is 237 g/mol. The van der Waals surface area contributed by atoms with Crippen molar-refractivity contribution in [2.45, 2.75) is 66.8 Å². The first-order valence-corrected chi connectivity index (χ1v) is 6.81. The molecule has 0 aliphatic rings. The molecule has 0 bridgehead atoms. The Morgan fingerprint density at radius 2 is 1.22 bits per heavy atom. The standard InChI is InChI=1S/C9H20FNO3.2C2H6/c1-7(12)4-11(5-8(2)13)6-9(3)14-10;2*1-2/h7-9,12-13H,4-6H2,1-3H3;2*1-2H3. The SMILES string of the molecule is CC.CC.CC(O)CN(CC(C)O)CC(C)OF. The predicted octanol–water partition coefficient (Wildman–Crippen LogP) is 2.39. The van der Waals surface area contributed by atoms with Gasteiger partial charge in [0.25, 0.3) is 0 Å². The Morgan fingerprint density at radius 3 is 1.44 bits per heavy atom. The lowest BCUT2D eigenvalue weighted by molar-refractivity contribution is -0.179. The minimum Gasteiger partial charge on any atom is -0.392 e. The molecule has 4 nitrogen and oxygen atoms in total. The highest BCUT2D eigenvalue weighted by Crippen LogP contribution is 2.00. The molecular formula is C13H32FNO3. The van der Waals surface area contributed by atoms with Gasteiger partial charge < -0.3 is 10.2 Å². The minimum atomic E-state index is -0.549. The van der Waals surface area contributed by atoms with E-state index in [0.717, 1.165) is 0 Å². The van der Waals surface area contributed by atoms with Gasteiger partial charge in [0.1, 0.15) is 6.10 Å². The number of rotatable bonds is 7. The zero-order valence-electron chi connectivity index (χ0n) is 13.0. The second kappa shape index (κ2) is 16.8. The van der Waals surface area contributed by atoms with Crippen molar-refractivity contribution in [1.82, 2.24) is 4.90 Å². The number of aliphatic hydroxyl groups is 2.